The van der Waals surface area contributed by atoms with E-state index in [0.29, 0.717) is 0 Å². The topological polar surface area (TPSA) is 15.8 Å². The van der Waals surface area contributed by atoms with Crippen molar-refractivity contribution in [2.75, 3.05) is 0 Å². The molecule has 1 aromatic heterocycles. The maximum absolute atomic E-state index is 3.43. The predicted molar refractivity (Wildman–Crippen MR) is 96.7 cm³/mol. The van der Waals surface area contributed by atoms with Crippen LogP contribution >= 0.6 is 0 Å². The lowest BCUT2D eigenvalue weighted by atomic mass is 9.71. The number of aromatic nitrogens is 1. The van der Waals surface area contributed by atoms with Crippen LogP contribution in [0.15, 0.2) is 91.1 Å². The second-order valence-electron chi connectivity index (χ2n) is 6.10. The van der Waals surface area contributed by atoms with Crippen molar-refractivity contribution in [2.24, 2.45) is 0 Å². The fraction of sp³-hybridized carbons (Fsp3) is 0.0909. The van der Waals surface area contributed by atoms with Crippen molar-refractivity contribution in [3.8, 4) is 0 Å². The molecule has 0 fully saturated rings. The van der Waals surface area contributed by atoms with Crippen molar-refractivity contribution in [1.82, 2.24) is 4.98 Å². The van der Waals surface area contributed by atoms with E-state index in [2.05, 4.69) is 103 Å². The normalized spacial score (nSPS) is 11.7. The zero-order valence-electron chi connectivity index (χ0n) is 13.2. The van der Waals surface area contributed by atoms with Crippen molar-refractivity contribution >= 4 is 10.9 Å². The van der Waals surface area contributed by atoms with Crippen LogP contribution in [0, 0.1) is 0 Å². The van der Waals surface area contributed by atoms with Gasteiger partial charge in [-0.3, -0.25) is 0 Å². The number of H-pyrrole nitrogens is 1. The Morgan fingerprint density at radius 3 is 1.78 bits per heavy atom. The third kappa shape index (κ3) is 2.17. The Labute approximate surface area is 136 Å². The highest BCUT2D eigenvalue weighted by atomic mass is 14.7. The summed E-state index contributed by atoms with van der Waals surface area (Å²) in [6.45, 7) is 2.31. The lowest BCUT2D eigenvalue weighted by Gasteiger charge is -2.31. The molecule has 1 N–H and O–H groups in total. The molecule has 0 atom stereocenters. The second-order valence-corrected chi connectivity index (χ2v) is 6.10. The highest BCUT2D eigenvalue weighted by Gasteiger charge is 2.33. The highest BCUT2D eigenvalue weighted by Crippen LogP contribution is 2.41. The molecule has 112 valence electrons. The molecule has 0 saturated heterocycles. The number of nitrogens with one attached hydrogen (secondary N) is 1. The molecule has 0 amide bonds. The van der Waals surface area contributed by atoms with Gasteiger partial charge < -0.3 is 4.98 Å². The van der Waals surface area contributed by atoms with Gasteiger partial charge in [0.15, 0.2) is 0 Å². The first-order valence-corrected chi connectivity index (χ1v) is 7.98. The molecule has 1 heterocycles. The largest absolute Gasteiger partial charge is 0.361 e. The van der Waals surface area contributed by atoms with E-state index in [0.717, 1.165) is 0 Å². The molecule has 1 nitrogen and oxygen atoms in total. The third-order valence-corrected chi connectivity index (χ3v) is 4.83. The molecule has 0 unspecified atom stereocenters. The van der Waals surface area contributed by atoms with E-state index in [9.17, 15) is 0 Å². The van der Waals surface area contributed by atoms with Crippen LogP contribution in [0.1, 0.15) is 23.6 Å². The van der Waals surface area contributed by atoms with Gasteiger partial charge in [0, 0.05) is 22.5 Å². The Kier molecular flexibility index (Phi) is 3.27. The predicted octanol–water partition coefficient (Wildman–Crippen LogP) is 5.52. The van der Waals surface area contributed by atoms with Crippen LogP contribution in [0.4, 0.5) is 0 Å². The van der Waals surface area contributed by atoms with Crippen LogP contribution in [0.2, 0.25) is 0 Å². The van der Waals surface area contributed by atoms with E-state index in [4.69, 9.17) is 0 Å². The summed E-state index contributed by atoms with van der Waals surface area (Å²) in [5.41, 5.74) is 4.90. The molecule has 0 aliphatic carbocycles. The molecule has 0 aliphatic rings. The lowest BCUT2D eigenvalue weighted by Crippen LogP contribution is -2.24. The summed E-state index contributed by atoms with van der Waals surface area (Å²) in [5.74, 6) is 0. The number of benzene rings is 3. The minimum absolute atomic E-state index is 0.192. The Balaban J connectivity index is 2.04. The first-order chi connectivity index (χ1) is 11.3. The average Bonchev–Trinajstić information content (AvgIpc) is 3.07. The molecule has 23 heavy (non-hydrogen) atoms. The van der Waals surface area contributed by atoms with Crippen molar-refractivity contribution in [1.29, 1.82) is 0 Å². The molecule has 0 spiro atoms. The minimum atomic E-state index is -0.192. The van der Waals surface area contributed by atoms with Gasteiger partial charge in [0.1, 0.15) is 0 Å². The lowest BCUT2D eigenvalue weighted by molar-refractivity contribution is 0.699. The molecular weight excluding hydrogens is 278 g/mol. The quantitative estimate of drug-likeness (QED) is 0.512. The first-order valence-electron chi connectivity index (χ1n) is 7.98. The summed E-state index contributed by atoms with van der Waals surface area (Å²) >= 11 is 0. The number of rotatable bonds is 3. The summed E-state index contributed by atoms with van der Waals surface area (Å²) in [4.78, 5) is 3.43. The zero-order chi connectivity index (χ0) is 15.7. The van der Waals surface area contributed by atoms with E-state index in [1.54, 1.807) is 0 Å². The van der Waals surface area contributed by atoms with Gasteiger partial charge in [-0.05, 0) is 29.7 Å². The van der Waals surface area contributed by atoms with Crippen molar-refractivity contribution in [2.45, 2.75) is 12.3 Å². The third-order valence-electron chi connectivity index (χ3n) is 4.83. The number of aromatic amines is 1. The Morgan fingerprint density at radius 2 is 1.17 bits per heavy atom. The number of hydrogen-bond donors (Lipinski definition) is 1. The van der Waals surface area contributed by atoms with Crippen LogP contribution < -0.4 is 0 Å². The summed E-state index contributed by atoms with van der Waals surface area (Å²) in [6, 6.07) is 30.0. The number of para-hydroxylation sites is 1. The molecule has 3 aromatic carbocycles. The molecular formula is C22H19N. The van der Waals surface area contributed by atoms with Gasteiger partial charge in [0.05, 0.1) is 0 Å². The second kappa shape index (κ2) is 5.44. The molecule has 0 bridgehead atoms. The van der Waals surface area contributed by atoms with E-state index >= 15 is 0 Å². The van der Waals surface area contributed by atoms with Gasteiger partial charge in [-0.25, -0.2) is 0 Å². The Bertz CT molecular complexity index is 880. The van der Waals surface area contributed by atoms with Crippen molar-refractivity contribution in [3.05, 3.63) is 108 Å². The number of fused-ring (bicyclic) bond motifs is 1. The number of hydrogen-bond acceptors (Lipinski definition) is 0. The Hall–Kier alpha value is -2.80. The van der Waals surface area contributed by atoms with Crippen LogP contribution in [0.3, 0.4) is 0 Å². The molecule has 0 saturated carbocycles. The van der Waals surface area contributed by atoms with Gasteiger partial charge in [-0.2, -0.15) is 0 Å². The van der Waals surface area contributed by atoms with E-state index in [1.165, 1.54) is 27.6 Å². The molecule has 4 rings (SSSR count). The maximum atomic E-state index is 3.43. The SMILES string of the molecule is CC(c1ccccc1)(c1ccccc1)c1c[nH]c2ccccc12. The summed E-state index contributed by atoms with van der Waals surface area (Å²) in [6.07, 6.45) is 2.16. The van der Waals surface area contributed by atoms with Gasteiger partial charge in [0.25, 0.3) is 0 Å². The fourth-order valence-corrected chi connectivity index (χ4v) is 3.51. The monoisotopic (exact) mass is 297 g/mol. The maximum Gasteiger partial charge on any atom is 0.0457 e. The smallest absolute Gasteiger partial charge is 0.0457 e. The van der Waals surface area contributed by atoms with Crippen LogP contribution in [0.25, 0.3) is 10.9 Å². The summed E-state index contributed by atoms with van der Waals surface area (Å²) < 4.78 is 0. The first kappa shape index (κ1) is 13.8. The highest BCUT2D eigenvalue weighted by molar-refractivity contribution is 5.85. The molecule has 0 radical (unpaired) electrons. The molecule has 0 aliphatic heterocycles. The standard InChI is InChI=1S/C22H19N/c1-22(17-10-4-2-5-11-17,18-12-6-3-7-13-18)20-16-23-21-15-9-8-14-19(20)21/h2-16,23H,1H3. The summed E-state index contributed by atoms with van der Waals surface area (Å²) in [5, 5.41) is 1.28. The van der Waals surface area contributed by atoms with E-state index in [-0.39, 0.29) is 5.41 Å². The van der Waals surface area contributed by atoms with Crippen molar-refractivity contribution in [3.63, 3.8) is 0 Å². The van der Waals surface area contributed by atoms with Gasteiger partial charge >= 0.3 is 0 Å². The van der Waals surface area contributed by atoms with Crippen LogP contribution in [0.5, 0.6) is 0 Å². The van der Waals surface area contributed by atoms with Crippen LogP contribution in [-0.2, 0) is 5.41 Å². The zero-order valence-corrected chi connectivity index (χ0v) is 13.2. The molecule has 1 heteroatoms. The van der Waals surface area contributed by atoms with Crippen LogP contribution in [-0.4, -0.2) is 4.98 Å². The molecule has 4 aromatic rings. The van der Waals surface area contributed by atoms with Gasteiger partial charge in [0.2, 0.25) is 0 Å². The summed E-state index contributed by atoms with van der Waals surface area (Å²) in [7, 11) is 0. The van der Waals surface area contributed by atoms with Gasteiger partial charge in [-0.1, -0.05) is 78.9 Å². The van der Waals surface area contributed by atoms with E-state index in [1.807, 2.05) is 0 Å². The van der Waals surface area contributed by atoms with Crippen molar-refractivity contribution < 1.29 is 0 Å². The average molecular weight is 297 g/mol. The fourth-order valence-electron chi connectivity index (χ4n) is 3.51. The van der Waals surface area contributed by atoms with E-state index < -0.39 is 0 Å². The van der Waals surface area contributed by atoms with Gasteiger partial charge in [-0.15, -0.1) is 0 Å². The Morgan fingerprint density at radius 1 is 0.652 bits per heavy atom. The minimum Gasteiger partial charge on any atom is -0.361 e.